The summed E-state index contributed by atoms with van der Waals surface area (Å²) in [7, 11) is 0. The first-order valence-corrected chi connectivity index (χ1v) is 7.10. The van der Waals surface area contributed by atoms with Crippen molar-refractivity contribution in [3.8, 4) is 0 Å². The molecule has 9 nitrogen and oxygen atoms in total. The standard InChI is InChI=1S/C14H17N3O6/c1-5-6(2)15-12-7(9(5)19)3-17(14(22)16-12)13-11(21)10(20)8(4-18)23-13/h3,8,10-11,13,18,20-21H,4H2,1-2H3,(H,15,16,22)/t8-,10?,11+,13-/m1/s1. The van der Waals surface area contributed by atoms with E-state index in [-0.39, 0.29) is 16.5 Å². The van der Waals surface area contributed by atoms with Crippen LogP contribution in [0.4, 0.5) is 0 Å². The molecule has 0 amide bonds. The molecule has 23 heavy (non-hydrogen) atoms. The average molecular weight is 323 g/mol. The van der Waals surface area contributed by atoms with Crippen molar-refractivity contribution in [3.63, 3.8) is 0 Å². The van der Waals surface area contributed by atoms with Crippen LogP contribution in [0.5, 0.6) is 0 Å². The van der Waals surface area contributed by atoms with Crippen molar-refractivity contribution in [1.82, 2.24) is 14.5 Å². The normalized spacial score (nSPS) is 27.7. The second-order valence-corrected chi connectivity index (χ2v) is 5.63. The molecular weight excluding hydrogens is 306 g/mol. The molecule has 0 aliphatic carbocycles. The zero-order chi connectivity index (χ0) is 16.9. The molecule has 3 rings (SSSR count). The number of ether oxygens (including phenoxy) is 1. The van der Waals surface area contributed by atoms with Crippen LogP contribution in [0.15, 0.2) is 15.8 Å². The van der Waals surface area contributed by atoms with Crippen molar-refractivity contribution in [3.05, 3.63) is 38.2 Å². The van der Waals surface area contributed by atoms with Gasteiger partial charge in [0.1, 0.15) is 24.0 Å². The molecule has 2 aromatic heterocycles. The van der Waals surface area contributed by atoms with E-state index in [1.807, 2.05) is 0 Å². The maximum absolute atomic E-state index is 12.3. The van der Waals surface area contributed by atoms with Crippen LogP contribution in [-0.2, 0) is 4.74 Å². The lowest BCUT2D eigenvalue weighted by molar-refractivity contribution is -0.0547. The molecule has 2 aromatic rings. The van der Waals surface area contributed by atoms with E-state index in [1.54, 1.807) is 13.8 Å². The molecular formula is C14H17N3O6. The highest BCUT2D eigenvalue weighted by Gasteiger charge is 2.43. The van der Waals surface area contributed by atoms with E-state index in [0.29, 0.717) is 11.3 Å². The fourth-order valence-corrected chi connectivity index (χ4v) is 2.67. The Hall–Kier alpha value is -2.07. The fraction of sp³-hybridized carbons (Fsp3) is 0.500. The first-order valence-electron chi connectivity index (χ1n) is 7.10. The number of nitrogens with zero attached hydrogens (tertiary/aromatic N) is 2. The van der Waals surface area contributed by atoms with Crippen LogP contribution in [0, 0.1) is 13.8 Å². The van der Waals surface area contributed by atoms with Crippen molar-refractivity contribution in [2.45, 2.75) is 38.4 Å². The van der Waals surface area contributed by atoms with Gasteiger partial charge in [0.2, 0.25) is 0 Å². The number of fused-ring (bicyclic) bond motifs is 1. The van der Waals surface area contributed by atoms with E-state index >= 15 is 0 Å². The minimum Gasteiger partial charge on any atom is -0.394 e. The Balaban J connectivity index is 2.18. The summed E-state index contributed by atoms with van der Waals surface area (Å²) in [6.45, 7) is 2.84. The Kier molecular flexibility index (Phi) is 3.80. The molecule has 1 aliphatic rings. The minimum atomic E-state index is -1.42. The fourth-order valence-electron chi connectivity index (χ4n) is 2.67. The molecule has 0 aromatic carbocycles. The number of aliphatic hydroxyl groups excluding tert-OH is 3. The molecule has 0 radical (unpaired) electrons. The molecule has 1 saturated heterocycles. The summed E-state index contributed by atoms with van der Waals surface area (Å²) in [6.07, 6.45) is -3.76. The van der Waals surface area contributed by atoms with Gasteiger partial charge in [0.05, 0.1) is 12.0 Å². The van der Waals surface area contributed by atoms with Crippen LogP contribution < -0.4 is 11.1 Å². The lowest BCUT2D eigenvalue weighted by Crippen LogP contribution is -2.36. The number of aromatic nitrogens is 3. The van der Waals surface area contributed by atoms with Gasteiger partial charge in [-0.2, -0.15) is 4.98 Å². The summed E-state index contributed by atoms with van der Waals surface area (Å²) in [5.74, 6) is 0. The SMILES string of the molecule is Cc1[nH]c2nc(=O)n([C@@H]3O[C@H](CO)C(O)[C@@H]3O)cc2c(=O)c1C. The summed E-state index contributed by atoms with van der Waals surface area (Å²) < 4.78 is 6.26. The van der Waals surface area contributed by atoms with Crippen molar-refractivity contribution < 1.29 is 20.1 Å². The van der Waals surface area contributed by atoms with Crippen LogP contribution in [0.1, 0.15) is 17.5 Å². The maximum atomic E-state index is 12.3. The summed E-state index contributed by atoms with van der Waals surface area (Å²) in [6, 6.07) is 0. The zero-order valence-corrected chi connectivity index (χ0v) is 12.6. The van der Waals surface area contributed by atoms with Gasteiger partial charge in [-0.15, -0.1) is 0 Å². The number of aromatic amines is 1. The summed E-state index contributed by atoms with van der Waals surface area (Å²) in [4.78, 5) is 31.2. The van der Waals surface area contributed by atoms with Crippen LogP contribution >= 0.6 is 0 Å². The number of aryl methyl sites for hydroxylation is 1. The molecule has 4 atom stereocenters. The molecule has 0 bridgehead atoms. The molecule has 1 fully saturated rings. The predicted molar refractivity (Wildman–Crippen MR) is 79.1 cm³/mol. The first kappa shape index (κ1) is 15.8. The Morgan fingerprint density at radius 1 is 1.30 bits per heavy atom. The van der Waals surface area contributed by atoms with E-state index in [9.17, 15) is 19.8 Å². The third kappa shape index (κ3) is 2.38. The molecule has 0 saturated carbocycles. The molecule has 0 spiro atoms. The van der Waals surface area contributed by atoms with Gasteiger partial charge < -0.3 is 25.0 Å². The second-order valence-electron chi connectivity index (χ2n) is 5.63. The highest BCUT2D eigenvalue weighted by molar-refractivity contribution is 5.74. The topological polar surface area (TPSA) is 138 Å². The van der Waals surface area contributed by atoms with Crippen LogP contribution in [0.3, 0.4) is 0 Å². The number of aliphatic hydroxyl groups is 3. The summed E-state index contributed by atoms with van der Waals surface area (Å²) in [5.41, 5.74) is 0.215. The highest BCUT2D eigenvalue weighted by Crippen LogP contribution is 2.28. The van der Waals surface area contributed by atoms with Gasteiger partial charge >= 0.3 is 5.69 Å². The van der Waals surface area contributed by atoms with E-state index in [2.05, 4.69) is 9.97 Å². The van der Waals surface area contributed by atoms with Crippen molar-refractivity contribution in [2.24, 2.45) is 0 Å². The number of H-pyrrole nitrogens is 1. The van der Waals surface area contributed by atoms with Crippen molar-refractivity contribution >= 4 is 11.0 Å². The number of hydrogen-bond acceptors (Lipinski definition) is 7. The predicted octanol–water partition coefficient (Wildman–Crippen LogP) is -1.69. The molecule has 1 unspecified atom stereocenters. The molecule has 1 aliphatic heterocycles. The smallest absolute Gasteiger partial charge is 0.351 e. The first-order chi connectivity index (χ1) is 10.8. The third-order valence-electron chi connectivity index (χ3n) is 4.20. The van der Waals surface area contributed by atoms with Gasteiger partial charge in [0.25, 0.3) is 0 Å². The van der Waals surface area contributed by atoms with E-state index in [4.69, 9.17) is 9.84 Å². The highest BCUT2D eigenvalue weighted by atomic mass is 16.6. The summed E-state index contributed by atoms with van der Waals surface area (Å²) in [5, 5.41) is 29.1. The Bertz CT molecular complexity index is 873. The van der Waals surface area contributed by atoms with E-state index in [0.717, 1.165) is 4.57 Å². The Morgan fingerprint density at radius 3 is 2.61 bits per heavy atom. The number of pyridine rings is 1. The minimum absolute atomic E-state index is 0.145. The Labute approximate surface area is 129 Å². The molecule has 9 heteroatoms. The molecule has 3 heterocycles. The Morgan fingerprint density at radius 2 is 2.00 bits per heavy atom. The second kappa shape index (κ2) is 5.53. The van der Waals surface area contributed by atoms with Gasteiger partial charge in [0.15, 0.2) is 11.7 Å². The van der Waals surface area contributed by atoms with Crippen molar-refractivity contribution in [2.75, 3.05) is 6.61 Å². The number of rotatable bonds is 2. The average Bonchev–Trinajstić information content (AvgIpc) is 2.80. The van der Waals surface area contributed by atoms with Gasteiger partial charge in [-0.25, -0.2) is 4.79 Å². The van der Waals surface area contributed by atoms with Gasteiger partial charge in [-0.3, -0.25) is 9.36 Å². The molecule has 4 N–H and O–H groups in total. The largest absolute Gasteiger partial charge is 0.394 e. The van der Waals surface area contributed by atoms with Gasteiger partial charge in [0, 0.05) is 17.5 Å². The van der Waals surface area contributed by atoms with Crippen LogP contribution in [0.25, 0.3) is 11.0 Å². The van der Waals surface area contributed by atoms with E-state index < -0.39 is 36.8 Å². The third-order valence-corrected chi connectivity index (χ3v) is 4.20. The quantitative estimate of drug-likeness (QED) is 0.517. The number of hydrogen-bond donors (Lipinski definition) is 4. The van der Waals surface area contributed by atoms with Gasteiger partial charge in [-0.1, -0.05) is 0 Å². The lowest BCUT2D eigenvalue weighted by atomic mass is 10.1. The van der Waals surface area contributed by atoms with Crippen molar-refractivity contribution in [1.29, 1.82) is 0 Å². The van der Waals surface area contributed by atoms with Gasteiger partial charge in [-0.05, 0) is 13.8 Å². The molecule has 124 valence electrons. The monoisotopic (exact) mass is 323 g/mol. The maximum Gasteiger partial charge on any atom is 0.351 e. The zero-order valence-electron chi connectivity index (χ0n) is 12.6. The summed E-state index contributed by atoms with van der Waals surface area (Å²) >= 11 is 0. The van der Waals surface area contributed by atoms with E-state index in [1.165, 1.54) is 6.20 Å². The van der Waals surface area contributed by atoms with Crippen LogP contribution in [-0.4, -0.2) is 54.8 Å². The van der Waals surface area contributed by atoms with Crippen LogP contribution in [0.2, 0.25) is 0 Å². The lowest BCUT2D eigenvalue weighted by Gasteiger charge is -2.17. The number of nitrogens with one attached hydrogen (secondary N) is 1.